The molecule has 0 aromatic heterocycles. The molecule has 0 saturated carbocycles. The molecule has 3 rings (SSSR count). The standard InChI is InChI=1S/C17H19F3N2.C10H14O.C2H6/c1-4-13-11-22(10-9-16(13)21-3)12(2)14-5-7-15(8-6-14)17(18,19)20;1-9(8-11-2)10-6-4-3-5-7-10;1-2/h4-8,12H,1,3,9-11H2,2H3;3-7,9H,8H2,1-2H3;1-2H3. The van der Waals surface area contributed by atoms with E-state index in [-0.39, 0.29) is 6.04 Å². The number of benzene rings is 2. The van der Waals surface area contributed by atoms with E-state index in [1.165, 1.54) is 5.56 Å². The lowest BCUT2D eigenvalue weighted by molar-refractivity contribution is -0.137. The third-order valence-corrected chi connectivity index (χ3v) is 5.87. The van der Waals surface area contributed by atoms with Crippen LogP contribution in [-0.2, 0) is 10.9 Å². The first kappa shape index (κ1) is 30.3. The first-order valence-electron chi connectivity index (χ1n) is 12.0. The summed E-state index contributed by atoms with van der Waals surface area (Å²) in [6.07, 6.45) is -1.75. The fourth-order valence-corrected chi connectivity index (χ4v) is 3.78. The summed E-state index contributed by atoms with van der Waals surface area (Å²) in [6.45, 7) is 17.8. The molecule has 1 aliphatic rings. The van der Waals surface area contributed by atoms with Crippen LogP contribution in [0.3, 0.4) is 0 Å². The summed E-state index contributed by atoms with van der Waals surface area (Å²) in [5, 5.41) is 0. The second-order valence-electron chi connectivity index (χ2n) is 8.12. The Morgan fingerprint density at radius 1 is 1.03 bits per heavy atom. The van der Waals surface area contributed by atoms with E-state index in [1.807, 2.05) is 26.8 Å². The SMILES string of the molecule is C=CC1=C(N=C)CCN(C(C)c2ccc(C(F)(F)F)cc2)C1.CC.COCC(C)c1ccccc1. The van der Waals surface area contributed by atoms with Gasteiger partial charge in [0.05, 0.1) is 12.2 Å². The Morgan fingerprint density at radius 2 is 1.63 bits per heavy atom. The highest BCUT2D eigenvalue weighted by atomic mass is 19.4. The van der Waals surface area contributed by atoms with Crippen molar-refractivity contribution < 1.29 is 17.9 Å². The monoisotopic (exact) mass is 488 g/mol. The zero-order valence-electron chi connectivity index (χ0n) is 21.6. The van der Waals surface area contributed by atoms with Crippen molar-refractivity contribution in [2.45, 2.75) is 52.3 Å². The highest BCUT2D eigenvalue weighted by Gasteiger charge is 2.30. The topological polar surface area (TPSA) is 24.8 Å². The van der Waals surface area contributed by atoms with Gasteiger partial charge in [0.2, 0.25) is 0 Å². The normalized spacial score (nSPS) is 15.7. The molecule has 0 amide bonds. The molecule has 1 heterocycles. The Kier molecular flexibility index (Phi) is 13.3. The lowest BCUT2D eigenvalue weighted by atomic mass is 10.00. The van der Waals surface area contributed by atoms with Crippen LogP contribution in [0.2, 0.25) is 0 Å². The zero-order valence-corrected chi connectivity index (χ0v) is 21.6. The van der Waals surface area contributed by atoms with Gasteiger partial charge in [0.25, 0.3) is 0 Å². The first-order valence-corrected chi connectivity index (χ1v) is 12.0. The molecule has 3 nitrogen and oxygen atoms in total. The van der Waals surface area contributed by atoms with E-state index in [0.717, 1.165) is 48.5 Å². The Hall–Kier alpha value is -2.70. The van der Waals surface area contributed by atoms with Crippen LogP contribution in [0.25, 0.3) is 0 Å². The Balaban J connectivity index is 0.000000395. The molecule has 0 saturated heterocycles. The molecule has 35 heavy (non-hydrogen) atoms. The second kappa shape index (κ2) is 15.3. The summed E-state index contributed by atoms with van der Waals surface area (Å²) in [4.78, 5) is 6.21. The van der Waals surface area contributed by atoms with Crippen LogP contribution in [0.1, 0.15) is 62.8 Å². The van der Waals surface area contributed by atoms with E-state index < -0.39 is 11.7 Å². The molecule has 0 radical (unpaired) electrons. The largest absolute Gasteiger partial charge is 0.416 e. The number of aliphatic imine (C=N–C) groups is 1. The number of nitrogens with zero attached hydrogens (tertiary/aromatic N) is 2. The number of methoxy groups -OCH3 is 1. The van der Waals surface area contributed by atoms with E-state index in [1.54, 1.807) is 25.3 Å². The molecule has 2 aromatic carbocycles. The van der Waals surface area contributed by atoms with Gasteiger partial charge < -0.3 is 4.74 Å². The fraction of sp³-hybridized carbons (Fsp3) is 0.414. The first-order chi connectivity index (χ1) is 16.7. The molecular formula is C29H39F3N2O. The van der Waals surface area contributed by atoms with Crippen molar-refractivity contribution in [3.8, 4) is 0 Å². The van der Waals surface area contributed by atoms with Gasteiger partial charge in [-0.05, 0) is 42.5 Å². The number of halogens is 3. The minimum absolute atomic E-state index is 0.0311. The van der Waals surface area contributed by atoms with Gasteiger partial charge in [0.15, 0.2) is 0 Å². The van der Waals surface area contributed by atoms with Crippen LogP contribution < -0.4 is 0 Å². The lowest BCUT2D eigenvalue weighted by Gasteiger charge is -2.33. The van der Waals surface area contributed by atoms with Crippen molar-refractivity contribution in [3.05, 3.63) is 95.2 Å². The van der Waals surface area contributed by atoms with Gasteiger partial charge in [0, 0.05) is 44.3 Å². The summed E-state index contributed by atoms with van der Waals surface area (Å²) >= 11 is 0. The molecule has 2 aromatic rings. The summed E-state index contributed by atoms with van der Waals surface area (Å²) < 4.78 is 42.9. The Bertz CT molecular complexity index is 921. The van der Waals surface area contributed by atoms with Crippen LogP contribution >= 0.6 is 0 Å². The van der Waals surface area contributed by atoms with Crippen LogP contribution in [0.15, 0.2) is 83.5 Å². The van der Waals surface area contributed by atoms with E-state index in [4.69, 9.17) is 4.74 Å². The van der Waals surface area contributed by atoms with Gasteiger partial charge in [-0.25, -0.2) is 0 Å². The predicted octanol–water partition coefficient (Wildman–Crippen LogP) is 8.08. The average Bonchev–Trinajstić information content (AvgIpc) is 2.89. The summed E-state index contributed by atoms with van der Waals surface area (Å²) in [5.74, 6) is 0.501. The molecule has 1 aliphatic heterocycles. The highest BCUT2D eigenvalue weighted by Crippen LogP contribution is 2.32. The summed E-state index contributed by atoms with van der Waals surface area (Å²) in [7, 11) is 1.74. The third-order valence-electron chi connectivity index (χ3n) is 5.87. The van der Waals surface area contributed by atoms with Gasteiger partial charge in [-0.1, -0.05) is 75.9 Å². The Morgan fingerprint density at radius 3 is 2.11 bits per heavy atom. The molecule has 0 N–H and O–H groups in total. The van der Waals surface area contributed by atoms with E-state index in [9.17, 15) is 13.2 Å². The minimum Gasteiger partial charge on any atom is -0.384 e. The lowest BCUT2D eigenvalue weighted by Crippen LogP contribution is -2.33. The van der Waals surface area contributed by atoms with Crippen LogP contribution in [0.5, 0.6) is 0 Å². The third kappa shape index (κ3) is 9.46. The van der Waals surface area contributed by atoms with Crippen molar-refractivity contribution >= 4 is 6.72 Å². The molecule has 0 aliphatic carbocycles. The van der Waals surface area contributed by atoms with Crippen molar-refractivity contribution in [1.29, 1.82) is 0 Å². The van der Waals surface area contributed by atoms with Gasteiger partial charge in [-0.15, -0.1) is 0 Å². The Labute approximate surface area is 209 Å². The maximum atomic E-state index is 12.6. The number of alkyl halides is 3. The van der Waals surface area contributed by atoms with E-state index in [2.05, 4.69) is 54.4 Å². The quantitative estimate of drug-likeness (QED) is 0.368. The minimum atomic E-state index is -4.30. The second-order valence-corrected chi connectivity index (χ2v) is 8.12. The van der Waals surface area contributed by atoms with Crippen LogP contribution in [-0.4, -0.2) is 38.4 Å². The molecule has 0 bridgehead atoms. The van der Waals surface area contributed by atoms with E-state index in [0.29, 0.717) is 12.5 Å². The average molecular weight is 489 g/mol. The van der Waals surface area contributed by atoms with Crippen molar-refractivity contribution in [3.63, 3.8) is 0 Å². The maximum absolute atomic E-state index is 12.6. The van der Waals surface area contributed by atoms with Gasteiger partial charge in [-0.2, -0.15) is 13.2 Å². The number of hydrogen-bond acceptors (Lipinski definition) is 3. The predicted molar refractivity (Wildman–Crippen MR) is 141 cm³/mol. The van der Waals surface area contributed by atoms with E-state index >= 15 is 0 Å². The van der Waals surface area contributed by atoms with Gasteiger partial charge >= 0.3 is 6.18 Å². The van der Waals surface area contributed by atoms with Crippen molar-refractivity contribution in [2.24, 2.45) is 4.99 Å². The summed E-state index contributed by atoms with van der Waals surface area (Å²) in [5.41, 5.74) is 3.57. The van der Waals surface area contributed by atoms with Crippen LogP contribution in [0.4, 0.5) is 13.2 Å². The molecule has 0 fully saturated rings. The number of hydrogen-bond donors (Lipinski definition) is 0. The van der Waals surface area contributed by atoms with Crippen molar-refractivity contribution in [1.82, 2.24) is 4.90 Å². The fourth-order valence-electron chi connectivity index (χ4n) is 3.78. The maximum Gasteiger partial charge on any atom is 0.416 e. The zero-order chi connectivity index (χ0) is 26.4. The van der Waals surface area contributed by atoms with Crippen LogP contribution in [0, 0.1) is 0 Å². The molecular weight excluding hydrogens is 449 g/mol. The molecule has 0 spiro atoms. The van der Waals surface area contributed by atoms with Gasteiger partial charge in [-0.3, -0.25) is 9.89 Å². The number of rotatable bonds is 7. The van der Waals surface area contributed by atoms with Gasteiger partial charge in [0.1, 0.15) is 0 Å². The number of ether oxygens (including phenoxy) is 1. The summed E-state index contributed by atoms with van der Waals surface area (Å²) in [6, 6.07) is 15.8. The highest BCUT2D eigenvalue weighted by molar-refractivity contribution is 5.36. The molecule has 192 valence electrons. The van der Waals surface area contributed by atoms with Crippen molar-refractivity contribution in [2.75, 3.05) is 26.8 Å². The molecule has 6 heteroatoms. The molecule has 2 atom stereocenters. The smallest absolute Gasteiger partial charge is 0.384 e. The molecule has 2 unspecified atom stereocenters.